The number of aromatic nitrogens is 1. The SMILES string of the molecule is C[C@H](N)c1ccccc1OCc1ccc2ccccc2n1. The number of hydrogen-bond acceptors (Lipinski definition) is 3. The molecule has 0 radical (unpaired) electrons. The predicted molar refractivity (Wildman–Crippen MR) is 85.1 cm³/mol. The second kappa shape index (κ2) is 5.94. The van der Waals surface area contributed by atoms with Crippen LogP contribution in [0.15, 0.2) is 60.7 Å². The molecule has 2 aromatic carbocycles. The maximum Gasteiger partial charge on any atom is 0.130 e. The molecule has 3 rings (SSSR count). The summed E-state index contributed by atoms with van der Waals surface area (Å²) in [7, 11) is 0. The standard InChI is InChI=1S/C18H18N2O/c1-13(19)16-7-3-5-9-18(16)21-12-15-11-10-14-6-2-4-8-17(14)20-15/h2-11,13H,12,19H2,1H3/t13-/m0/s1. The highest BCUT2D eigenvalue weighted by atomic mass is 16.5. The molecule has 3 aromatic rings. The van der Waals surface area contributed by atoms with Gasteiger partial charge in [-0.05, 0) is 25.1 Å². The molecule has 1 aromatic heterocycles. The molecule has 0 saturated heterocycles. The summed E-state index contributed by atoms with van der Waals surface area (Å²) in [5.41, 5.74) is 8.87. The Morgan fingerprint density at radius 1 is 1.00 bits per heavy atom. The highest BCUT2D eigenvalue weighted by molar-refractivity contribution is 5.78. The van der Waals surface area contributed by atoms with Gasteiger partial charge in [-0.15, -0.1) is 0 Å². The molecule has 2 N–H and O–H groups in total. The van der Waals surface area contributed by atoms with Gasteiger partial charge in [0.25, 0.3) is 0 Å². The van der Waals surface area contributed by atoms with E-state index in [9.17, 15) is 0 Å². The van der Waals surface area contributed by atoms with E-state index in [0.717, 1.165) is 27.9 Å². The summed E-state index contributed by atoms with van der Waals surface area (Å²) < 4.78 is 5.89. The zero-order valence-corrected chi connectivity index (χ0v) is 12.0. The summed E-state index contributed by atoms with van der Waals surface area (Å²) in [6, 6.07) is 19.9. The Morgan fingerprint density at radius 3 is 2.62 bits per heavy atom. The van der Waals surface area contributed by atoms with Crippen LogP contribution in [0, 0.1) is 0 Å². The fraction of sp³-hybridized carbons (Fsp3) is 0.167. The van der Waals surface area contributed by atoms with Gasteiger partial charge in [-0.25, -0.2) is 4.98 Å². The predicted octanol–water partition coefficient (Wildman–Crippen LogP) is 3.83. The quantitative estimate of drug-likeness (QED) is 0.789. The third-order valence-electron chi connectivity index (χ3n) is 3.44. The molecule has 3 nitrogen and oxygen atoms in total. The van der Waals surface area contributed by atoms with Crippen LogP contribution in [0.3, 0.4) is 0 Å². The fourth-order valence-corrected chi connectivity index (χ4v) is 2.33. The highest BCUT2D eigenvalue weighted by Crippen LogP contribution is 2.24. The lowest BCUT2D eigenvalue weighted by Crippen LogP contribution is -2.08. The van der Waals surface area contributed by atoms with E-state index in [0.29, 0.717) is 6.61 Å². The minimum atomic E-state index is -0.0502. The number of pyridine rings is 1. The third kappa shape index (κ3) is 3.03. The first-order valence-corrected chi connectivity index (χ1v) is 7.06. The van der Waals surface area contributed by atoms with Crippen molar-refractivity contribution in [3.8, 4) is 5.75 Å². The highest BCUT2D eigenvalue weighted by Gasteiger charge is 2.07. The first kappa shape index (κ1) is 13.6. The normalized spacial score (nSPS) is 12.3. The lowest BCUT2D eigenvalue weighted by molar-refractivity contribution is 0.297. The summed E-state index contributed by atoms with van der Waals surface area (Å²) >= 11 is 0. The van der Waals surface area contributed by atoms with Crippen LogP contribution in [0.4, 0.5) is 0 Å². The van der Waals surface area contributed by atoms with Gasteiger partial charge in [0.05, 0.1) is 11.2 Å². The van der Waals surface area contributed by atoms with Crippen molar-refractivity contribution in [2.75, 3.05) is 0 Å². The van der Waals surface area contributed by atoms with Gasteiger partial charge in [-0.2, -0.15) is 0 Å². The van der Waals surface area contributed by atoms with Crippen LogP contribution < -0.4 is 10.5 Å². The first-order valence-electron chi connectivity index (χ1n) is 7.06. The molecule has 0 saturated carbocycles. The molecule has 0 aliphatic carbocycles. The fourth-order valence-electron chi connectivity index (χ4n) is 2.33. The molecule has 0 amide bonds. The first-order chi connectivity index (χ1) is 10.2. The Labute approximate surface area is 124 Å². The minimum Gasteiger partial charge on any atom is -0.487 e. The monoisotopic (exact) mass is 278 g/mol. The van der Waals surface area contributed by atoms with Crippen LogP contribution in [-0.4, -0.2) is 4.98 Å². The van der Waals surface area contributed by atoms with E-state index in [1.165, 1.54) is 0 Å². The number of fused-ring (bicyclic) bond motifs is 1. The summed E-state index contributed by atoms with van der Waals surface area (Å²) in [6.07, 6.45) is 0. The van der Waals surface area contributed by atoms with Crippen LogP contribution in [0.2, 0.25) is 0 Å². The van der Waals surface area contributed by atoms with Gasteiger partial charge < -0.3 is 10.5 Å². The van der Waals surface area contributed by atoms with Crippen LogP contribution >= 0.6 is 0 Å². The number of para-hydroxylation sites is 2. The van der Waals surface area contributed by atoms with Crippen molar-refractivity contribution in [1.29, 1.82) is 0 Å². The van der Waals surface area contributed by atoms with E-state index in [1.54, 1.807) is 0 Å². The number of rotatable bonds is 4. The van der Waals surface area contributed by atoms with Crippen LogP contribution in [0.25, 0.3) is 10.9 Å². The molecule has 0 unspecified atom stereocenters. The topological polar surface area (TPSA) is 48.1 Å². The molecule has 0 aliphatic rings. The summed E-state index contributed by atoms with van der Waals surface area (Å²) in [6.45, 7) is 2.39. The second-order valence-corrected chi connectivity index (χ2v) is 5.11. The van der Waals surface area contributed by atoms with Gasteiger partial charge in [0, 0.05) is 17.0 Å². The largest absolute Gasteiger partial charge is 0.487 e. The van der Waals surface area contributed by atoms with Crippen molar-refractivity contribution in [1.82, 2.24) is 4.98 Å². The van der Waals surface area contributed by atoms with Gasteiger partial charge in [-0.3, -0.25) is 0 Å². The molecule has 0 fully saturated rings. The number of ether oxygens (including phenoxy) is 1. The number of nitrogens with two attached hydrogens (primary N) is 1. The number of hydrogen-bond donors (Lipinski definition) is 1. The van der Waals surface area contributed by atoms with E-state index in [4.69, 9.17) is 10.5 Å². The Kier molecular flexibility index (Phi) is 3.84. The molecule has 21 heavy (non-hydrogen) atoms. The van der Waals surface area contributed by atoms with Crippen molar-refractivity contribution in [3.05, 3.63) is 71.9 Å². The molecule has 0 spiro atoms. The van der Waals surface area contributed by atoms with Crippen LogP contribution in [-0.2, 0) is 6.61 Å². The molecular weight excluding hydrogens is 260 g/mol. The minimum absolute atomic E-state index is 0.0502. The summed E-state index contributed by atoms with van der Waals surface area (Å²) in [5.74, 6) is 0.822. The lowest BCUT2D eigenvalue weighted by Gasteiger charge is -2.13. The number of nitrogens with zero attached hydrogens (tertiary/aromatic N) is 1. The van der Waals surface area contributed by atoms with Gasteiger partial charge in [0.1, 0.15) is 12.4 Å². The molecule has 106 valence electrons. The summed E-state index contributed by atoms with van der Waals surface area (Å²) in [5, 5.41) is 1.14. The van der Waals surface area contributed by atoms with E-state index in [2.05, 4.69) is 17.1 Å². The maximum absolute atomic E-state index is 5.96. The van der Waals surface area contributed by atoms with Gasteiger partial charge in [0.2, 0.25) is 0 Å². The zero-order chi connectivity index (χ0) is 14.7. The Hall–Kier alpha value is -2.39. The van der Waals surface area contributed by atoms with Crippen molar-refractivity contribution < 1.29 is 4.74 Å². The molecule has 3 heteroatoms. The maximum atomic E-state index is 5.96. The van der Waals surface area contributed by atoms with Crippen molar-refractivity contribution in [2.24, 2.45) is 5.73 Å². The van der Waals surface area contributed by atoms with E-state index < -0.39 is 0 Å². The van der Waals surface area contributed by atoms with E-state index in [1.807, 2.05) is 55.5 Å². The molecule has 0 aliphatic heterocycles. The van der Waals surface area contributed by atoms with Crippen molar-refractivity contribution in [3.63, 3.8) is 0 Å². The lowest BCUT2D eigenvalue weighted by atomic mass is 10.1. The second-order valence-electron chi connectivity index (χ2n) is 5.11. The van der Waals surface area contributed by atoms with Gasteiger partial charge in [-0.1, -0.05) is 42.5 Å². The molecule has 1 heterocycles. The summed E-state index contributed by atoms with van der Waals surface area (Å²) in [4.78, 5) is 4.61. The Morgan fingerprint density at radius 2 is 1.76 bits per heavy atom. The van der Waals surface area contributed by atoms with E-state index >= 15 is 0 Å². The van der Waals surface area contributed by atoms with E-state index in [-0.39, 0.29) is 6.04 Å². The third-order valence-corrected chi connectivity index (χ3v) is 3.44. The smallest absolute Gasteiger partial charge is 0.130 e. The molecule has 0 bridgehead atoms. The Balaban J connectivity index is 1.80. The van der Waals surface area contributed by atoms with Gasteiger partial charge >= 0.3 is 0 Å². The zero-order valence-electron chi connectivity index (χ0n) is 12.0. The number of benzene rings is 2. The van der Waals surface area contributed by atoms with Crippen molar-refractivity contribution >= 4 is 10.9 Å². The van der Waals surface area contributed by atoms with Crippen LogP contribution in [0.5, 0.6) is 5.75 Å². The average Bonchev–Trinajstić information content (AvgIpc) is 2.53. The van der Waals surface area contributed by atoms with Crippen molar-refractivity contribution in [2.45, 2.75) is 19.6 Å². The molecule has 1 atom stereocenters. The molecular formula is C18H18N2O. The van der Waals surface area contributed by atoms with Crippen LogP contribution in [0.1, 0.15) is 24.2 Å². The Bertz CT molecular complexity index is 753. The average molecular weight is 278 g/mol. The van der Waals surface area contributed by atoms with Gasteiger partial charge in [0.15, 0.2) is 0 Å².